The van der Waals surface area contributed by atoms with Crippen LogP contribution in [0, 0.1) is 0 Å². The van der Waals surface area contributed by atoms with Gasteiger partial charge in [0.15, 0.2) is 0 Å². The summed E-state index contributed by atoms with van der Waals surface area (Å²) >= 11 is 0. The van der Waals surface area contributed by atoms with Crippen LogP contribution in [0.1, 0.15) is 26.7 Å². The molecule has 0 aromatic carbocycles. The van der Waals surface area contributed by atoms with Crippen LogP contribution in [0.4, 0.5) is 0 Å². The van der Waals surface area contributed by atoms with Crippen molar-refractivity contribution < 1.29 is 4.74 Å². The summed E-state index contributed by atoms with van der Waals surface area (Å²) in [6.07, 6.45) is 2.92. The van der Waals surface area contributed by atoms with Crippen molar-refractivity contribution in [2.45, 2.75) is 44.9 Å². The SMILES string of the molecule is CC(CNCC1CCCO1)N1CCN(C)CC1C. The quantitative estimate of drug-likeness (QED) is 0.786. The van der Waals surface area contributed by atoms with Gasteiger partial charge in [-0.05, 0) is 33.7 Å². The predicted octanol–water partition coefficient (Wildman–Crippen LogP) is 0.779. The van der Waals surface area contributed by atoms with Gasteiger partial charge in [-0.3, -0.25) is 4.90 Å². The molecule has 3 unspecified atom stereocenters. The van der Waals surface area contributed by atoms with E-state index in [4.69, 9.17) is 4.74 Å². The largest absolute Gasteiger partial charge is 0.377 e. The van der Waals surface area contributed by atoms with Crippen molar-refractivity contribution in [1.29, 1.82) is 0 Å². The maximum absolute atomic E-state index is 5.63. The lowest BCUT2D eigenvalue weighted by Crippen LogP contribution is -2.55. The minimum Gasteiger partial charge on any atom is -0.377 e. The van der Waals surface area contributed by atoms with Crippen LogP contribution in [0.2, 0.25) is 0 Å². The maximum atomic E-state index is 5.63. The van der Waals surface area contributed by atoms with E-state index in [9.17, 15) is 0 Å². The summed E-state index contributed by atoms with van der Waals surface area (Å²) in [5.41, 5.74) is 0. The van der Waals surface area contributed by atoms with E-state index < -0.39 is 0 Å². The Balaban J connectivity index is 1.65. The van der Waals surface area contributed by atoms with E-state index in [-0.39, 0.29) is 0 Å². The topological polar surface area (TPSA) is 27.7 Å². The molecule has 2 aliphatic heterocycles. The van der Waals surface area contributed by atoms with Crippen molar-refractivity contribution in [2.24, 2.45) is 0 Å². The first-order valence-corrected chi connectivity index (χ1v) is 7.43. The number of nitrogens with one attached hydrogen (secondary N) is 1. The lowest BCUT2D eigenvalue weighted by atomic mass is 10.1. The van der Waals surface area contributed by atoms with Crippen molar-refractivity contribution in [3.63, 3.8) is 0 Å². The van der Waals surface area contributed by atoms with Gasteiger partial charge in [-0.25, -0.2) is 0 Å². The van der Waals surface area contributed by atoms with E-state index >= 15 is 0 Å². The second-order valence-electron chi connectivity index (χ2n) is 5.99. The summed E-state index contributed by atoms with van der Waals surface area (Å²) in [4.78, 5) is 5.05. The maximum Gasteiger partial charge on any atom is 0.0700 e. The number of hydrogen-bond donors (Lipinski definition) is 1. The van der Waals surface area contributed by atoms with Gasteiger partial charge in [0.2, 0.25) is 0 Å². The zero-order valence-corrected chi connectivity index (χ0v) is 12.2. The van der Waals surface area contributed by atoms with Crippen LogP contribution in [-0.4, -0.2) is 74.4 Å². The van der Waals surface area contributed by atoms with E-state index in [0.717, 1.165) is 19.7 Å². The molecule has 3 atom stereocenters. The Bertz CT molecular complexity index is 243. The van der Waals surface area contributed by atoms with Crippen molar-refractivity contribution in [3.05, 3.63) is 0 Å². The molecular formula is C14H29N3O. The Morgan fingerprint density at radius 3 is 2.89 bits per heavy atom. The zero-order chi connectivity index (χ0) is 13.0. The fourth-order valence-corrected chi connectivity index (χ4v) is 3.18. The minimum absolute atomic E-state index is 0.460. The standard InChI is InChI=1S/C14H29N3O/c1-12(9-15-10-14-5-4-8-18-14)17-7-6-16(3)11-13(17)2/h12-15H,4-11H2,1-3H3. The summed E-state index contributed by atoms with van der Waals surface area (Å²) in [6, 6.07) is 1.29. The van der Waals surface area contributed by atoms with Crippen LogP contribution >= 0.6 is 0 Å². The molecule has 0 spiro atoms. The van der Waals surface area contributed by atoms with Crippen molar-refractivity contribution in [1.82, 2.24) is 15.1 Å². The molecule has 18 heavy (non-hydrogen) atoms. The molecule has 0 aromatic rings. The van der Waals surface area contributed by atoms with E-state index in [1.165, 1.54) is 32.5 Å². The molecular weight excluding hydrogens is 226 g/mol. The summed E-state index contributed by atoms with van der Waals surface area (Å²) in [7, 11) is 2.22. The Hall–Kier alpha value is -0.160. The average molecular weight is 255 g/mol. The predicted molar refractivity (Wildman–Crippen MR) is 75.0 cm³/mol. The fraction of sp³-hybridized carbons (Fsp3) is 1.00. The van der Waals surface area contributed by atoms with Gasteiger partial charge in [-0.1, -0.05) is 0 Å². The van der Waals surface area contributed by atoms with Crippen molar-refractivity contribution in [2.75, 3.05) is 46.4 Å². The van der Waals surface area contributed by atoms with Crippen LogP contribution in [0.25, 0.3) is 0 Å². The number of likely N-dealkylation sites (N-methyl/N-ethyl adjacent to an activating group) is 1. The van der Waals surface area contributed by atoms with Crippen LogP contribution < -0.4 is 5.32 Å². The van der Waals surface area contributed by atoms with E-state index in [2.05, 4.69) is 36.0 Å². The van der Waals surface area contributed by atoms with E-state index in [0.29, 0.717) is 18.2 Å². The van der Waals surface area contributed by atoms with Crippen LogP contribution in [0.3, 0.4) is 0 Å². The molecule has 0 amide bonds. The minimum atomic E-state index is 0.460. The Kier molecular flexibility index (Phi) is 5.42. The number of hydrogen-bond acceptors (Lipinski definition) is 4. The normalized spacial score (nSPS) is 32.8. The molecule has 106 valence electrons. The molecule has 0 saturated carbocycles. The molecule has 0 radical (unpaired) electrons. The van der Waals surface area contributed by atoms with Gasteiger partial charge in [0.25, 0.3) is 0 Å². The highest BCUT2D eigenvalue weighted by Crippen LogP contribution is 2.13. The lowest BCUT2D eigenvalue weighted by molar-refractivity contribution is 0.0638. The monoisotopic (exact) mass is 255 g/mol. The lowest BCUT2D eigenvalue weighted by Gasteiger charge is -2.41. The highest BCUT2D eigenvalue weighted by Gasteiger charge is 2.25. The van der Waals surface area contributed by atoms with Gasteiger partial charge in [-0.15, -0.1) is 0 Å². The van der Waals surface area contributed by atoms with Crippen LogP contribution in [0.15, 0.2) is 0 Å². The molecule has 4 heteroatoms. The highest BCUT2D eigenvalue weighted by molar-refractivity contribution is 4.82. The first kappa shape index (κ1) is 14.3. The molecule has 4 nitrogen and oxygen atoms in total. The molecule has 2 aliphatic rings. The summed E-state index contributed by atoms with van der Waals surface area (Å²) in [5, 5.41) is 3.58. The first-order chi connectivity index (χ1) is 8.66. The molecule has 0 bridgehead atoms. The first-order valence-electron chi connectivity index (χ1n) is 7.43. The third-order valence-corrected chi connectivity index (χ3v) is 4.28. The number of ether oxygens (including phenoxy) is 1. The van der Waals surface area contributed by atoms with Gasteiger partial charge in [0.1, 0.15) is 0 Å². The Labute approximate surface area is 112 Å². The molecule has 2 fully saturated rings. The second kappa shape index (κ2) is 6.85. The molecule has 2 saturated heterocycles. The van der Waals surface area contributed by atoms with E-state index in [1.807, 2.05) is 0 Å². The van der Waals surface area contributed by atoms with Gasteiger partial charge >= 0.3 is 0 Å². The van der Waals surface area contributed by atoms with Gasteiger partial charge in [-0.2, -0.15) is 0 Å². The number of nitrogens with zero attached hydrogens (tertiary/aromatic N) is 2. The Morgan fingerprint density at radius 1 is 1.39 bits per heavy atom. The Morgan fingerprint density at radius 2 is 2.22 bits per heavy atom. The van der Waals surface area contributed by atoms with E-state index in [1.54, 1.807) is 0 Å². The average Bonchev–Trinajstić information content (AvgIpc) is 2.81. The number of piperazine rings is 1. The van der Waals surface area contributed by atoms with Gasteiger partial charge in [0, 0.05) is 51.4 Å². The van der Waals surface area contributed by atoms with Gasteiger partial charge < -0.3 is 15.0 Å². The third kappa shape index (κ3) is 3.92. The highest BCUT2D eigenvalue weighted by atomic mass is 16.5. The fourth-order valence-electron chi connectivity index (χ4n) is 3.18. The van der Waals surface area contributed by atoms with Crippen molar-refractivity contribution >= 4 is 0 Å². The number of rotatable bonds is 5. The molecule has 2 heterocycles. The summed E-state index contributed by atoms with van der Waals surface area (Å²) in [6.45, 7) is 11.3. The second-order valence-corrected chi connectivity index (χ2v) is 5.99. The third-order valence-electron chi connectivity index (χ3n) is 4.28. The van der Waals surface area contributed by atoms with Gasteiger partial charge in [0.05, 0.1) is 6.10 Å². The molecule has 0 aliphatic carbocycles. The molecule has 1 N–H and O–H groups in total. The summed E-state index contributed by atoms with van der Waals surface area (Å²) < 4.78 is 5.63. The molecule has 0 aromatic heterocycles. The summed E-state index contributed by atoms with van der Waals surface area (Å²) in [5.74, 6) is 0. The van der Waals surface area contributed by atoms with Crippen LogP contribution in [-0.2, 0) is 4.74 Å². The smallest absolute Gasteiger partial charge is 0.0700 e. The van der Waals surface area contributed by atoms with Crippen LogP contribution in [0.5, 0.6) is 0 Å². The van der Waals surface area contributed by atoms with Crippen molar-refractivity contribution in [3.8, 4) is 0 Å². The molecule has 2 rings (SSSR count). The zero-order valence-electron chi connectivity index (χ0n) is 12.2.